The molecule has 2 atom stereocenters. The highest BCUT2D eigenvalue weighted by atomic mass is 16.5. The van der Waals surface area contributed by atoms with Crippen LogP contribution < -0.4 is 4.74 Å². The summed E-state index contributed by atoms with van der Waals surface area (Å²) in [6.45, 7) is 8.56. The van der Waals surface area contributed by atoms with Gasteiger partial charge in [-0.1, -0.05) is 13.0 Å². The van der Waals surface area contributed by atoms with Crippen LogP contribution in [0.4, 0.5) is 0 Å². The van der Waals surface area contributed by atoms with Gasteiger partial charge < -0.3 is 14.6 Å². The number of rotatable bonds is 6. The zero-order chi connectivity index (χ0) is 13.7. The molecule has 3 heteroatoms. The molecule has 0 heterocycles. The van der Waals surface area contributed by atoms with E-state index >= 15 is 0 Å². The van der Waals surface area contributed by atoms with Crippen molar-refractivity contribution in [1.82, 2.24) is 0 Å². The predicted octanol–water partition coefficient (Wildman–Crippen LogP) is 3.16. The fraction of sp³-hybridized carbons (Fsp3) is 0.600. The van der Waals surface area contributed by atoms with Crippen molar-refractivity contribution in [3.8, 4) is 5.75 Å². The third-order valence-corrected chi connectivity index (χ3v) is 3.14. The largest absolute Gasteiger partial charge is 0.496 e. The van der Waals surface area contributed by atoms with Crippen molar-refractivity contribution in [1.29, 1.82) is 0 Å². The summed E-state index contributed by atoms with van der Waals surface area (Å²) in [6, 6.07) is 4.00. The fourth-order valence-corrected chi connectivity index (χ4v) is 2.32. The highest BCUT2D eigenvalue weighted by Gasteiger charge is 2.24. The molecule has 3 nitrogen and oxygen atoms in total. The zero-order valence-electron chi connectivity index (χ0n) is 12.0. The molecule has 0 fully saturated rings. The molecule has 1 rings (SSSR count). The Bertz CT molecular complexity index is 388. The third-order valence-electron chi connectivity index (χ3n) is 3.14. The summed E-state index contributed by atoms with van der Waals surface area (Å²) in [5, 5.41) is 10.5. The molecule has 0 amide bonds. The molecule has 0 aliphatic heterocycles. The predicted molar refractivity (Wildman–Crippen MR) is 73.1 cm³/mol. The van der Waals surface area contributed by atoms with Crippen LogP contribution in [-0.4, -0.2) is 24.9 Å². The number of benzene rings is 1. The van der Waals surface area contributed by atoms with E-state index in [1.807, 2.05) is 33.8 Å². The van der Waals surface area contributed by atoms with E-state index in [2.05, 4.69) is 6.07 Å². The van der Waals surface area contributed by atoms with Crippen molar-refractivity contribution >= 4 is 0 Å². The molecule has 1 aromatic carbocycles. The number of methoxy groups -OCH3 is 1. The minimum atomic E-state index is -0.648. The van der Waals surface area contributed by atoms with Gasteiger partial charge in [0.1, 0.15) is 11.9 Å². The molecule has 1 aromatic rings. The van der Waals surface area contributed by atoms with Crippen LogP contribution in [0.3, 0.4) is 0 Å². The van der Waals surface area contributed by atoms with Crippen molar-refractivity contribution in [2.24, 2.45) is 0 Å². The van der Waals surface area contributed by atoms with Gasteiger partial charge in [-0.2, -0.15) is 0 Å². The molecule has 1 N–H and O–H groups in total. The molecule has 0 aliphatic carbocycles. The minimum absolute atomic E-state index is 0.190. The molecule has 0 spiro atoms. The second-order valence-electron chi connectivity index (χ2n) is 4.54. The Labute approximate surface area is 110 Å². The van der Waals surface area contributed by atoms with E-state index < -0.39 is 6.10 Å². The molecule has 0 saturated carbocycles. The summed E-state index contributed by atoms with van der Waals surface area (Å²) >= 11 is 0. The summed E-state index contributed by atoms with van der Waals surface area (Å²) < 4.78 is 11.0. The van der Waals surface area contributed by atoms with Crippen molar-refractivity contribution in [3.63, 3.8) is 0 Å². The normalized spacial score (nSPS) is 14.3. The van der Waals surface area contributed by atoms with Crippen LogP contribution in [0.2, 0.25) is 0 Å². The van der Waals surface area contributed by atoms with Crippen LogP contribution >= 0.6 is 0 Å². The smallest absolute Gasteiger partial charge is 0.125 e. The van der Waals surface area contributed by atoms with Crippen molar-refractivity contribution in [2.45, 2.75) is 46.3 Å². The molecule has 0 radical (unpaired) electrons. The van der Waals surface area contributed by atoms with E-state index in [0.29, 0.717) is 6.61 Å². The Morgan fingerprint density at radius 3 is 2.39 bits per heavy atom. The van der Waals surface area contributed by atoms with Crippen molar-refractivity contribution < 1.29 is 14.6 Å². The second kappa shape index (κ2) is 6.76. The number of aryl methyl sites for hydroxylation is 2. The maximum absolute atomic E-state index is 10.5. The van der Waals surface area contributed by atoms with Crippen molar-refractivity contribution in [2.75, 3.05) is 13.7 Å². The number of hydrogen-bond acceptors (Lipinski definition) is 3. The van der Waals surface area contributed by atoms with Crippen molar-refractivity contribution in [3.05, 3.63) is 28.8 Å². The Morgan fingerprint density at radius 2 is 1.89 bits per heavy atom. The quantitative estimate of drug-likeness (QED) is 0.845. The highest BCUT2D eigenvalue weighted by molar-refractivity contribution is 5.44. The van der Waals surface area contributed by atoms with Crippen LogP contribution in [0.25, 0.3) is 0 Å². The van der Waals surface area contributed by atoms with E-state index in [0.717, 1.165) is 28.9 Å². The first-order valence-electron chi connectivity index (χ1n) is 6.49. The molecule has 18 heavy (non-hydrogen) atoms. The molecule has 102 valence electrons. The van der Waals surface area contributed by atoms with E-state index in [-0.39, 0.29) is 6.10 Å². The Kier molecular flexibility index (Phi) is 5.63. The minimum Gasteiger partial charge on any atom is -0.496 e. The molecular weight excluding hydrogens is 228 g/mol. The summed E-state index contributed by atoms with van der Waals surface area (Å²) in [6.07, 6.45) is -0.0679. The molecule has 0 saturated heterocycles. The standard InChI is InChI=1S/C15H24O3/c1-6-12(18-7-2)15(16)14-11(4)8-10(3)9-13(14)17-5/h8-9,12,15-16H,6-7H2,1-5H3. The maximum atomic E-state index is 10.5. The average Bonchev–Trinajstić information content (AvgIpc) is 2.34. The van der Waals surface area contributed by atoms with Crippen LogP contribution in [0.5, 0.6) is 5.75 Å². The first kappa shape index (κ1) is 15.0. The summed E-state index contributed by atoms with van der Waals surface area (Å²) in [4.78, 5) is 0. The summed E-state index contributed by atoms with van der Waals surface area (Å²) in [5.41, 5.74) is 3.01. The van der Waals surface area contributed by atoms with Gasteiger partial charge in [0, 0.05) is 12.2 Å². The number of hydrogen-bond donors (Lipinski definition) is 1. The molecule has 2 unspecified atom stereocenters. The van der Waals surface area contributed by atoms with E-state index in [1.165, 1.54) is 0 Å². The lowest BCUT2D eigenvalue weighted by molar-refractivity contribution is -0.0366. The van der Waals surface area contributed by atoms with Gasteiger partial charge in [-0.3, -0.25) is 0 Å². The first-order valence-corrected chi connectivity index (χ1v) is 6.49. The molecule has 0 bridgehead atoms. The lowest BCUT2D eigenvalue weighted by Crippen LogP contribution is -2.22. The van der Waals surface area contributed by atoms with E-state index in [4.69, 9.17) is 9.47 Å². The summed E-state index contributed by atoms with van der Waals surface area (Å²) in [7, 11) is 1.63. The van der Waals surface area contributed by atoms with Crippen LogP contribution in [0.15, 0.2) is 12.1 Å². The number of aliphatic hydroxyl groups excluding tert-OH is 1. The monoisotopic (exact) mass is 252 g/mol. The van der Waals surface area contributed by atoms with Crippen LogP contribution in [-0.2, 0) is 4.74 Å². The third kappa shape index (κ3) is 3.24. The topological polar surface area (TPSA) is 38.7 Å². The molecule has 0 aliphatic rings. The molecular formula is C15H24O3. The second-order valence-corrected chi connectivity index (χ2v) is 4.54. The SMILES string of the molecule is CCOC(CC)C(O)c1c(C)cc(C)cc1OC. The first-order chi connectivity index (χ1) is 8.54. The van der Waals surface area contributed by atoms with Gasteiger partial charge >= 0.3 is 0 Å². The lowest BCUT2D eigenvalue weighted by Gasteiger charge is -2.25. The van der Waals surface area contributed by atoms with Gasteiger partial charge in [-0.25, -0.2) is 0 Å². The molecule has 0 aromatic heterocycles. The summed E-state index contributed by atoms with van der Waals surface area (Å²) in [5.74, 6) is 0.734. The maximum Gasteiger partial charge on any atom is 0.125 e. The fourth-order valence-electron chi connectivity index (χ4n) is 2.32. The highest BCUT2D eigenvalue weighted by Crippen LogP contribution is 2.33. The van der Waals surface area contributed by atoms with Gasteiger partial charge in [0.2, 0.25) is 0 Å². The van der Waals surface area contributed by atoms with Gasteiger partial charge in [0.25, 0.3) is 0 Å². The number of ether oxygens (including phenoxy) is 2. The van der Waals surface area contributed by atoms with Crippen LogP contribution in [0.1, 0.15) is 43.1 Å². The number of aliphatic hydroxyl groups is 1. The van der Waals surface area contributed by atoms with E-state index in [1.54, 1.807) is 7.11 Å². The van der Waals surface area contributed by atoms with E-state index in [9.17, 15) is 5.11 Å². The van der Waals surface area contributed by atoms with Gasteiger partial charge in [0.15, 0.2) is 0 Å². The Morgan fingerprint density at radius 1 is 1.22 bits per heavy atom. The van der Waals surface area contributed by atoms with Crippen LogP contribution in [0, 0.1) is 13.8 Å². The van der Waals surface area contributed by atoms with Gasteiger partial charge in [0.05, 0.1) is 13.2 Å². The lowest BCUT2D eigenvalue weighted by atomic mass is 9.95. The zero-order valence-corrected chi connectivity index (χ0v) is 12.0. The Balaban J connectivity index is 3.14. The van der Waals surface area contributed by atoms with Gasteiger partial charge in [-0.05, 0) is 44.4 Å². The van der Waals surface area contributed by atoms with Gasteiger partial charge in [-0.15, -0.1) is 0 Å². The average molecular weight is 252 g/mol. The Hall–Kier alpha value is -1.06.